The second kappa shape index (κ2) is 2.88. The molecule has 0 aromatic carbocycles. The molecule has 1 heterocycles. The van der Waals surface area contributed by atoms with Gasteiger partial charge >= 0.3 is 0 Å². The quantitative estimate of drug-likeness (QED) is 0.371. The van der Waals surface area contributed by atoms with Crippen molar-refractivity contribution in [3.05, 3.63) is 0 Å². The lowest BCUT2D eigenvalue weighted by molar-refractivity contribution is -0.00875. The Hall–Kier alpha value is -0.0951. The minimum atomic E-state index is -1.09. The first-order valence-electron chi connectivity index (χ1n) is 3.62. The van der Waals surface area contributed by atoms with Gasteiger partial charge in [-0.15, -0.1) is 0 Å². The van der Waals surface area contributed by atoms with E-state index in [2.05, 4.69) is 0 Å². The standard InChI is InChI=1S/C5H10BO4/c6-5-4(9)3(8)2(1-7)10-5/h2-9H,1H2/t2-,3?,4?,5-/m1/s1/i6D. The van der Waals surface area contributed by atoms with E-state index in [9.17, 15) is 0 Å². The number of hydrogen-bond acceptors (Lipinski definition) is 4. The first-order chi connectivity index (χ1) is 5.20. The van der Waals surface area contributed by atoms with Gasteiger partial charge in [0.25, 0.3) is 0 Å². The lowest BCUT2D eigenvalue weighted by atomic mass is 9.93. The molecular weight excluding hydrogens is 135 g/mol. The van der Waals surface area contributed by atoms with Gasteiger partial charge in [-0.2, -0.15) is 0 Å². The Morgan fingerprint density at radius 1 is 1.50 bits per heavy atom. The molecule has 0 amide bonds. The number of rotatable bonds is 2. The Bertz CT molecular complexity index is 118. The fraction of sp³-hybridized carbons (Fsp3) is 1.00. The van der Waals surface area contributed by atoms with Gasteiger partial charge in [-0.05, 0) is 1.34 Å². The van der Waals surface area contributed by atoms with E-state index in [0.29, 0.717) is 0 Å². The highest BCUT2D eigenvalue weighted by Crippen LogP contribution is 2.18. The molecule has 1 fully saturated rings. The molecule has 10 heavy (non-hydrogen) atoms. The van der Waals surface area contributed by atoms with E-state index < -0.39 is 24.3 Å². The average molecular weight is 146 g/mol. The molecular formula is C5H10BO4. The lowest BCUT2D eigenvalue weighted by Crippen LogP contribution is -2.33. The highest BCUT2D eigenvalue weighted by atomic mass is 16.5. The molecule has 1 aliphatic rings. The van der Waals surface area contributed by atoms with E-state index in [1.165, 1.54) is 0 Å². The molecule has 1 rings (SSSR count). The molecule has 1 saturated heterocycles. The molecule has 1 radical (unpaired) electrons. The van der Waals surface area contributed by atoms with Gasteiger partial charge in [0.2, 0.25) is 0 Å². The van der Waals surface area contributed by atoms with Crippen LogP contribution in [0.2, 0.25) is 0 Å². The summed E-state index contributed by atoms with van der Waals surface area (Å²) in [5, 5.41) is 26.8. The van der Waals surface area contributed by atoms with Crippen LogP contribution in [-0.2, 0) is 4.74 Å². The maximum absolute atomic E-state index is 9.12. The number of aliphatic hydroxyl groups excluding tert-OH is 3. The summed E-state index contributed by atoms with van der Waals surface area (Å²) >= 11 is 0. The van der Waals surface area contributed by atoms with Crippen molar-refractivity contribution in [3.63, 3.8) is 0 Å². The molecule has 57 valence electrons. The highest BCUT2D eigenvalue weighted by Gasteiger charge is 2.39. The third-order valence-electron chi connectivity index (χ3n) is 1.58. The molecule has 2 unspecified atom stereocenters. The van der Waals surface area contributed by atoms with Crippen molar-refractivity contribution in [3.8, 4) is 0 Å². The first kappa shape index (κ1) is 6.60. The van der Waals surface area contributed by atoms with Crippen LogP contribution in [0.15, 0.2) is 0 Å². The largest absolute Gasteiger partial charge is 0.394 e. The lowest BCUT2D eigenvalue weighted by Gasteiger charge is -2.10. The van der Waals surface area contributed by atoms with Crippen LogP contribution < -0.4 is 0 Å². The van der Waals surface area contributed by atoms with E-state index in [0.717, 1.165) is 7.81 Å². The summed E-state index contributed by atoms with van der Waals surface area (Å²) < 4.78 is 11.7. The van der Waals surface area contributed by atoms with E-state index in [1.54, 1.807) is 0 Å². The van der Waals surface area contributed by atoms with Crippen molar-refractivity contribution in [1.29, 1.82) is 1.34 Å². The third-order valence-corrected chi connectivity index (χ3v) is 1.58. The fourth-order valence-corrected chi connectivity index (χ4v) is 0.928. The maximum Gasteiger partial charge on any atom is 0.131 e. The molecule has 0 bridgehead atoms. The van der Waals surface area contributed by atoms with E-state index >= 15 is 0 Å². The molecule has 5 heteroatoms. The Morgan fingerprint density at radius 3 is 2.50 bits per heavy atom. The predicted octanol–water partition coefficient (Wildman–Crippen LogP) is -2.67. The van der Waals surface area contributed by atoms with Crippen molar-refractivity contribution in [2.45, 2.75) is 24.3 Å². The first-order valence-corrected chi connectivity index (χ1v) is 3.05. The summed E-state index contributed by atoms with van der Waals surface area (Å²) in [6, 6.07) is -0.790. The molecule has 0 saturated carbocycles. The highest BCUT2D eigenvalue weighted by molar-refractivity contribution is 6.11. The van der Waals surface area contributed by atoms with Crippen LogP contribution in [-0.4, -0.2) is 55.4 Å². The Kier molecular flexibility index (Phi) is 1.90. The van der Waals surface area contributed by atoms with E-state index in [1.807, 2.05) is 0 Å². The van der Waals surface area contributed by atoms with Crippen LogP contribution in [0.3, 0.4) is 0 Å². The van der Waals surface area contributed by atoms with Gasteiger partial charge in [0.05, 0.1) is 6.61 Å². The number of aliphatic hydroxyl groups is 3. The fourth-order valence-electron chi connectivity index (χ4n) is 0.928. The summed E-state index contributed by atoms with van der Waals surface area (Å²) in [6.45, 7) is -0.345. The second-order valence-electron chi connectivity index (χ2n) is 2.30. The summed E-state index contributed by atoms with van der Waals surface area (Å²) in [7, 11) is 0.906. The molecule has 0 aromatic heterocycles. The van der Waals surface area contributed by atoms with E-state index in [4.69, 9.17) is 21.4 Å². The summed E-state index contributed by atoms with van der Waals surface area (Å²) in [5.74, 6) is 0. The second-order valence-corrected chi connectivity index (χ2v) is 2.30. The third kappa shape index (κ3) is 1.18. The van der Waals surface area contributed by atoms with Gasteiger partial charge in [0, 0.05) is 6.00 Å². The zero-order valence-corrected chi connectivity index (χ0v) is 5.34. The zero-order chi connectivity index (χ0) is 8.43. The predicted molar refractivity (Wildman–Crippen MR) is 34.9 cm³/mol. The van der Waals surface area contributed by atoms with Gasteiger partial charge in [-0.25, -0.2) is 0 Å². The van der Waals surface area contributed by atoms with Crippen molar-refractivity contribution in [2.24, 2.45) is 0 Å². The molecule has 1 aliphatic heterocycles. The monoisotopic (exact) mass is 146 g/mol. The van der Waals surface area contributed by atoms with Crippen molar-refractivity contribution >= 4 is 7.81 Å². The van der Waals surface area contributed by atoms with Crippen LogP contribution in [0, 0.1) is 0 Å². The van der Waals surface area contributed by atoms with Crippen LogP contribution in [0.1, 0.15) is 0 Å². The molecule has 3 N–H and O–H groups in total. The molecule has 4 nitrogen and oxygen atoms in total. The average Bonchev–Trinajstić information content (AvgIpc) is 2.30. The summed E-state index contributed by atoms with van der Waals surface area (Å²) in [6.07, 6.45) is -2.95. The van der Waals surface area contributed by atoms with Crippen LogP contribution in [0.5, 0.6) is 0 Å². The summed E-state index contributed by atoms with van der Waals surface area (Å²) in [5.41, 5.74) is 0. The Labute approximate surface area is 61.2 Å². The smallest absolute Gasteiger partial charge is 0.131 e. The number of hydrogen-bond donors (Lipinski definition) is 3. The van der Waals surface area contributed by atoms with Gasteiger partial charge in [0.1, 0.15) is 26.1 Å². The Balaban J connectivity index is 2.53. The van der Waals surface area contributed by atoms with E-state index in [-0.39, 0.29) is 6.61 Å². The molecule has 0 aromatic rings. The zero-order valence-electron chi connectivity index (χ0n) is 6.34. The molecule has 0 aliphatic carbocycles. The van der Waals surface area contributed by atoms with Crippen molar-refractivity contribution in [2.75, 3.05) is 6.61 Å². The van der Waals surface area contributed by atoms with Gasteiger partial charge in [-0.3, -0.25) is 0 Å². The van der Waals surface area contributed by atoms with Gasteiger partial charge < -0.3 is 20.1 Å². The van der Waals surface area contributed by atoms with Crippen LogP contribution in [0.4, 0.5) is 0 Å². The molecule has 4 atom stereocenters. The Morgan fingerprint density at radius 2 is 2.20 bits per heavy atom. The summed E-state index contributed by atoms with van der Waals surface area (Å²) in [4.78, 5) is 0. The van der Waals surface area contributed by atoms with Crippen molar-refractivity contribution in [1.82, 2.24) is 0 Å². The maximum atomic E-state index is 9.12. The SMILES string of the molecule is [2H][B][C@@H]1O[C@H](CO)C(O)C1O. The van der Waals surface area contributed by atoms with Crippen molar-refractivity contribution < 1.29 is 20.1 Å². The minimum Gasteiger partial charge on any atom is -0.394 e. The normalized spacial score (nSPS) is 48.9. The minimum absolute atomic E-state index is 0.345. The van der Waals surface area contributed by atoms with Gasteiger partial charge in [-0.1, -0.05) is 0 Å². The van der Waals surface area contributed by atoms with Crippen LogP contribution >= 0.6 is 0 Å². The topological polar surface area (TPSA) is 69.9 Å². The van der Waals surface area contributed by atoms with Gasteiger partial charge in [0.15, 0.2) is 0 Å². The van der Waals surface area contributed by atoms with Crippen LogP contribution in [0.25, 0.3) is 0 Å². The number of ether oxygens (including phenoxy) is 1. The molecule has 0 spiro atoms.